The first-order valence-corrected chi connectivity index (χ1v) is 7.94. The molecule has 0 unspecified atom stereocenters. The van der Waals surface area contributed by atoms with E-state index in [0.29, 0.717) is 11.3 Å². The molecule has 1 fully saturated rings. The minimum Gasteiger partial charge on any atom is -0.477 e. The molecular weight excluding hydrogens is 324 g/mol. The van der Waals surface area contributed by atoms with Crippen LogP contribution >= 0.6 is 11.8 Å². The summed E-state index contributed by atoms with van der Waals surface area (Å²) in [5.41, 5.74) is 5.13. The molecule has 1 saturated heterocycles. The third kappa shape index (κ3) is 3.41. The van der Waals surface area contributed by atoms with Gasteiger partial charge in [0.15, 0.2) is 0 Å². The van der Waals surface area contributed by atoms with Gasteiger partial charge < -0.3 is 25.6 Å². The van der Waals surface area contributed by atoms with Crippen molar-refractivity contribution in [1.82, 2.24) is 4.90 Å². The number of thioether (sulfide) groups is 1. The average Bonchev–Trinajstić information content (AvgIpc) is 2.79. The Morgan fingerprint density at radius 2 is 2.26 bits per heavy atom. The fourth-order valence-corrected chi connectivity index (χ4v) is 3.62. The van der Waals surface area contributed by atoms with Gasteiger partial charge in [-0.05, 0) is 12.3 Å². The number of carbonyl (C=O) groups excluding carboxylic acids is 2. The number of nitrogens with zero attached hydrogens (tertiary/aromatic N) is 1. The maximum Gasteiger partial charge on any atom is 0.353 e. The summed E-state index contributed by atoms with van der Waals surface area (Å²) in [7, 11) is 0. The van der Waals surface area contributed by atoms with Crippen LogP contribution in [0.25, 0.3) is 0 Å². The van der Waals surface area contributed by atoms with Crippen molar-refractivity contribution in [2.24, 2.45) is 11.7 Å². The lowest BCUT2D eigenvalue weighted by Crippen LogP contribution is -2.61. The number of carboxylic acid groups (broad SMARTS) is 1. The van der Waals surface area contributed by atoms with Crippen molar-refractivity contribution >= 4 is 29.6 Å². The average molecular weight is 342 g/mol. The van der Waals surface area contributed by atoms with Crippen LogP contribution in [-0.2, 0) is 19.1 Å². The number of hydrogen-bond donors (Lipinski definition) is 3. The number of amides is 1. The summed E-state index contributed by atoms with van der Waals surface area (Å²) in [5, 5.41) is 20.4. The lowest BCUT2D eigenvalue weighted by molar-refractivity contribution is -0.161. The van der Waals surface area contributed by atoms with E-state index in [4.69, 9.17) is 10.5 Å². The monoisotopic (exact) mass is 342 g/mol. The van der Waals surface area contributed by atoms with Crippen molar-refractivity contribution in [3.05, 3.63) is 22.1 Å². The lowest BCUT2D eigenvalue weighted by atomic mass is 9.83. The summed E-state index contributed by atoms with van der Waals surface area (Å²) in [6.45, 7) is 1.84. The molecule has 2 aliphatic rings. The molecule has 1 amide bonds. The van der Waals surface area contributed by atoms with Gasteiger partial charge in [-0.2, -0.15) is 0 Å². The number of aliphatic hydroxyl groups is 1. The van der Waals surface area contributed by atoms with Crippen LogP contribution in [0.2, 0.25) is 0 Å². The number of fused-ring (bicyclic) bond motifs is 1. The molecule has 9 heteroatoms. The van der Waals surface area contributed by atoms with Crippen molar-refractivity contribution in [1.29, 1.82) is 0 Å². The van der Waals surface area contributed by atoms with Crippen molar-refractivity contribution in [2.75, 3.05) is 13.2 Å². The van der Waals surface area contributed by atoms with Crippen molar-refractivity contribution in [2.45, 2.75) is 25.5 Å². The first kappa shape index (κ1) is 17.5. The molecule has 0 aliphatic carbocycles. The number of hydrogen-bond acceptors (Lipinski definition) is 7. The van der Waals surface area contributed by atoms with Crippen molar-refractivity contribution in [3.63, 3.8) is 0 Å². The zero-order chi connectivity index (χ0) is 17.1. The number of rotatable bonds is 7. The number of esters is 1. The molecule has 0 aromatic rings. The van der Waals surface area contributed by atoms with E-state index in [9.17, 15) is 24.6 Å². The number of nitrogens with two attached hydrogens (primary N) is 1. The zero-order valence-corrected chi connectivity index (χ0v) is 13.3. The minimum absolute atomic E-state index is 0.0816. The SMILES string of the molecule is C[C@H](O)[C@H]1C(=O)N2C(C(=O)O)=C(SC=CC(=O)OCCN)C[C@H]12. The Balaban J connectivity index is 2.06. The summed E-state index contributed by atoms with van der Waals surface area (Å²) in [4.78, 5) is 36.4. The highest BCUT2D eigenvalue weighted by Gasteiger charge is 2.56. The molecule has 0 bridgehead atoms. The number of aliphatic carboxylic acids is 1. The predicted octanol–water partition coefficient (Wildman–Crippen LogP) is -0.357. The number of aliphatic hydroxyl groups excluding tert-OH is 1. The normalized spacial score (nSPS) is 24.7. The first-order valence-electron chi connectivity index (χ1n) is 7.06. The molecule has 4 N–H and O–H groups in total. The zero-order valence-electron chi connectivity index (χ0n) is 12.5. The largest absolute Gasteiger partial charge is 0.477 e. The third-order valence-electron chi connectivity index (χ3n) is 3.67. The lowest BCUT2D eigenvalue weighted by Gasteiger charge is -2.44. The number of β-lactam (4-membered cyclic amide) rings is 1. The quantitative estimate of drug-likeness (QED) is 0.325. The van der Waals surface area contributed by atoms with E-state index in [2.05, 4.69) is 0 Å². The van der Waals surface area contributed by atoms with Crippen LogP contribution in [0.1, 0.15) is 13.3 Å². The molecule has 2 aliphatic heterocycles. The number of ether oxygens (including phenoxy) is 1. The van der Waals surface area contributed by atoms with Crippen LogP contribution in [-0.4, -0.2) is 58.3 Å². The molecule has 0 radical (unpaired) electrons. The number of carboxylic acids is 1. The Labute approximate surface area is 137 Å². The van der Waals surface area contributed by atoms with Crippen LogP contribution in [0.15, 0.2) is 22.1 Å². The van der Waals surface area contributed by atoms with Gasteiger partial charge in [0.05, 0.1) is 18.1 Å². The molecular formula is C14H18N2O6S. The van der Waals surface area contributed by atoms with E-state index < -0.39 is 24.0 Å². The van der Waals surface area contributed by atoms with Crippen LogP contribution in [0, 0.1) is 5.92 Å². The summed E-state index contributed by atoms with van der Waals surface area (Å²) < 4.78 is 4.76. The maximum atomic E-state index is 12.0. The van der Waals surface area contributed by atoms with Gasteiger partial charge >= 0.3 is 11.9 Å². The Morgan fingerprint density at radius 3 is 2.83 bits per heavy atom. The highest BCUT2D eigenvalue weighted by Crippen LogP contribution is 2.47. The molecule has 0 aromatic carbocycles. The summed E-state index contributed by atoms with van der Waals surface area (Å²) in [5.74, 6) is -2.74. The van der Waals surface area contributed by atoms with E-state index in [1.54, 1.807) is 0 Å². The fourth-order valence-electron chi connectivity index (χ4n) is 2.72. The van der Waals surface area contributed by atoms with E-state index in [-0.39, 0.29) is 30.8 Å². The molecule has 23 heavy (non-hydrogen) atoms. The summed E-state index contributed by atoms with van der Waals surface area (Å²) in [6, 6.07) is -0.339. The van der Waals surface area contributed by atoms with Gasteiger partial charge in [-0.3, -0.25) is 4.79 Å². The smallest absolute Gasteiger partial charge is 0.353 e. The second kappa shape index (κ2) is 7.16. The van der Waals surface area contributed by atoms with Crippen LogP contribution in [0.4, 0.5) is 0 Å². The molecule has 2 rings (SSSR count). The van der Waals surface area contributed by atoms with Gasteiger partial charge in [0.2, 0.25) is 5.91 Å². The van der Waals surface area contributed by atoms with Gasteiger partial charge in [0.1, 0.15) is 12.3 Å². The first-order chi connectivity index (χ1) is 10.9. The van der Waals surface area contributed by atoms with E-state index in [1.807, 2.05) is 0 Å². The van der Waals surface area contributed by atoms with Crippen LogP contribution in [0.3, 0.4) is 0 Å². The van der Waals surface area contributed by atoms with Gasteiger partial charge in [0, 0.05) is 23.9 Å². The van der Waals surface area contributed by atoms with Crippen molar-refractivity contribution < 1.29 is 29.3 Å². The van der Waals surface area contributed by atoms with E-state index in [1.165, 1.54) is 23.3 Å². The van der Waals surface area contributed by atoms with E-state index in [0.717, 1.165) is 11.8 Å². The summed E-state index contributed by atoms with van der Waals surface area (Å²) in [6.07, 6.45) is 0.691. The van der Waals surface area contributed by atoms with Gasteiger partial charge in [-0.15, -0.1) is 0 Å². The second-order valence-corrected chi connectivity index (χ2v) is 6.20. The van der Waals surface area contributed by atoms with Gasteiger partial charge in [-0.25, -0.2) is 9.59 Å². The fraction of sp³-hybridized carbons (Fsp3) is 0.500. The highest BCUT2D eigenvalue weighted by molar-refractivity contribution is 8.05. The molecule has 2 heterocycles. The third-order valence-corrected chi connectivity index (χ3v) is 4.58. The van der Waals surface area contributed by atoms with Crippen LogP contribution in [0.5, 0.6) is 0 Å². The molecule has 0 saturated carbocycles. The number of carbonyl (C=O) groups is 3. The highest BCUT2D eigenvalue weighted by atomic mass is 32.2. The topological polar surface area (TPSA) is 130 Å². The van der Waals surface area contributed by atoms with Crippen LogP contribution < -0.4 is 5.73 Å². The Kier molecular flexibility index (Phi) is 5.45. The molecule has 126 valence electrons. The molecule has 0 spiro atoms. The second-order valence-electron chi connectivity index (χ2n) is 5.20. The Hall–Kier alpha value is -1.84. The maximum absolute atomic E-state index is 12.0. The molecule has 0 aromatic heterocycles. The summed E-state index contributed by atoms with van der Waals surface area (Å²) >= 11 is 1.06. The van der Waals surface area contributed by atoms with E-state index >= 15 is 0 Å². The molecule has 3 atom stereocenters. The van der Waals surface area contributed by atoms with Gasteiger partial charge in [0.25, 0.3) is 0 Å². The van der Waals surface area contributed by atoms with Gasteiger partial charge in [-0.1, -0.05) is 11.8 Å². The predicted molar refractivity (Wildman–Crippen MR) is 81.8 cm³/mol. The Morgan fingerprint density at radius 1 is 1.57 bits per heavy atom. The van der Waals surface area contributed by atoms with Crippen molar-refractivity contribution in [3.8, 4) is 0 Å². The standard InChI is InChI=1S/C14H18N2O6S/c1-7(17)11-8-6-9(12(14(20)21)16(8)13(11)19)23-5-2-10(18)22-4-3-15/h2,5,7-8,11,17H,3-4,6,15H2,1H3,(H,20,21)/t7-,8+,11+/m0/s1. The Bertz CT molecular complexity index is 586. The minimum atomic E-state index is -1.20. The molecule has 8 nitrogen and oxygen atoms in total.